The molecule has 1 aliphatic heterocycles. The predicted molar refractivity (Wildman–Crippen MR) is 126 cm³/mol. The van der Waals surface area contributed by atoms with Crippen LogP contribution < -0.4 is 0 Å². The van der Waals surface area contributed by atoms with Crippen molar-refractivity contribution in [2.45, 2.75) is 47.4 Å². The van der Waals surface area contributed by atoms with Gasteiger partial charge in [0.25, 0.3) is 5.91 Å². The highest BCUT2D eigenvalue weighted by Crippen LogP contribution is 2.34. The van der Waals surface area contributed by atoms with Crippen LogP contribution in [0.5, 0.6) is 0 Å². The SMILES string of the molecule is Cc1nn(C(=O)C2CCCN2S(=O)(=O)c2ccc(Cl)cc2)c(C)c1Sc1ccc(Cl)cc1. The van der Waals surface area contributed by atoms with E-state index in [0.717, 1.165) is 9.79 Å². The second-order valence-corrected chi connectivity index (χ2v) is 11.4. The molecule has 2 heterocycles. The van der Waals surface area contributed by atoms with Gasteiger partial charge >= 0.3 is 0 Å². The van der Waals surface area contributed by atoms with Crippen molar-refractivity contribution in [1.29, 1.82) is 0 Å². The van der Waals surface area contributed by atoms with E-state index in [1.807, 2.05) is 38.1 Å². The van der Waals surface area contributed by atoms with E-state index in [4.69, 9.17) is 23.2 Å². The molecule has 1 aliphatic rings. The molecule has 0 spiro atoms. The topological polar surface area (TPSA) is 72.3 Å². The lowest BCUT2D eigenvalue weighted by Gasteiger charge is -2.23. The van der Waals surface area contributed by atoms with E-state index >= 15 is 0 Å². The first kappa shape index (κ1) is 23.3. The van der Waals surface area contributed by atoms with Crippen molar-refractivity contribution in [2.75, 3.05) is 6.54 Å². The summed E-state index contributed by atoms with van der Waals surface area (Å²) in [7, 11) is -3.83. The third-order valence-electron chi connectivity index (χ3n) is 5.38. The molecule has 0 N–H and O–H groups in total. The van der Waals surface area contributed by atoms with Crippen molar-refractivity contribution in [2.24, 2.45) is 0 Å². The Labute approximate surface area is 201 Å². The number of halogens is 2. The summed E-state index contributed by atoms with van der Waals surface area (Å²) in [4.78, 5) is 15.4. The van der Waals surface area contributed by atoms with Crippen LogP contribution in [-0.4, -0.2) is 41.0 Å². The number of sulfonamides is 1. The summed E-state index contributed by atoms with van der Waals surface area (Å²) in [5.41, 5.74) is 1.39. The number of hydrogen-bond donors (Lipinski definition) is 0. The molecular formula is C22H21Cl2N3O3S2. The standard InChI is InChI=1S/C22H21Cl2N3O3S2/c1-14-21(31-18-9-5-16(23)6-10-18)15(2)27(25-14)22(28)20-4-3-13-26(20)32(29,30)19-11-7-17(24)8-12-19/h5-12,20H,3-4,13H2,1-2H3. The van der Waals surface area contributed by atoms with Crippen LogP contribution in [-0.2, 0) is 10.0 Å². The number of rotatable bonds is 5. The summed E-state index contributed by atoms with van der Waals surface area (Å²) in [6, 6.07) is 12.6. The van der Waals surface area contributed by atoms with Gasteiger partial charge in [0.05, 0.1) is 21.2 Å². The van der Waals surface area contributed by atoms with Crippen LogP contribution >= 0.6 is 35.0 Å². The smallest absolute Gasteiger partial charge is 0.265 e. The molecule has 1 aromatic heterocycles. The van der Waals surface area contributed by atoms with Crippen LogP contribution in [0, 0.1) is 13.8 Å². The first-order valence-corrected chi connectivity index (χ1v) is 13.0. The van der Waals surface area contributed by atoms with Crippen molar-refractivity contribution in [1.82, 2.24) is 14.1 Å². The molecule has 0 radical (unpaired) electrons. The Hall–Kier alpha value is -1.84. The Morgan fingerprint density at radius 2 is 1.62 bits per heavy atom. The molecule has 32 heavy (non-hydrogen) atoms. The van der Waals surface area contributed by atoms with E-state index < -0.39 is 16.1 Å². The first-order chi connectivity index (χ1) is 15.2. The van der Waals surface area contributed by atoms with Crippen molar-refractivity contribution in [3.05, 3.63) is 70.0 Å². The van der Waals surface area contributed by atoms with Gasteiger partial charge in [0, 0.05) is 21.5 Å². The summed E-state index contributed by atoms with van der Waals surface area (Å²) in [6.45, 7) is 3.95. The predicted octanol–water partition coefficient (Wildman–Crippen LogP) is 5.45. The van der Waals surface area contributed by atoms with Gasteiger partial charge in [0.15, 0.2) is 0 Å². The second kappa shape index (κ2) is 9.19. The van der Waals surface area contributed by atoms with Crippen LogP contribution in [0.2, 0.25) is 10.0 Å². The zero-order chi connectivity index (χ0) is 23.0. The monoisotopic (exact) mass is 509 g/mol. The van der Waals surface area contributed by atoms with Crippen molar-refractivity contribution in [3.63, 3.8) is 0 Å². The number of hydrogen-bond acceptors (Lipinski definition) is 5. The maximum absolute atomic E-state index is 13.4. The normalized spacial score (nSPS) is 17.1. The largest absolute Gasteiger partial charge is 0.271 e. The number of aryl methyl sites for hydroxylation is 1. The molecule has 3 aromatic rings. The number of aromatic nitrogens is 2. The summed E-state index contributed by atoms with van der Waals surface area (Å²) in [5.74, 6) is -0.344. The number of nitrogens with zero attached hydrogens (tertiary/aromatic N) is 3. The van der Waals surface area contributed by atoms with Gasteiger partial charge in [0.1, 0.15) is 6.04 Å². The highest BCUT2D eigenvalue weighted by molar-refractivity contribution is 7.99. The van der Waals surface area contributed by atoms with E-state index in [1.54, 1.807) is 0 Å². The van der Waals surface area contributed by atoms with E-state index in [1.165, 1.54) is 45.0 Å². The molecular weight excluding hydrogens is 489 g/mol. The molecule has 0 bridgehead atoms. The molecule has 0 saturated carbocycles. The fourth-order valence-corrected chi connectivity index (χ4v) is 6.60. The van der Waals surface area contributed by atoms with Gasteiger partial charge in [-0.3, -0.25) is 4.79 Å². The summed E-state index contributed by atoms with van der Waals surface area (Å²) in [5, 5.41) is 5.55. The Bertz CT molecular complexity index is 1260. The number of carbonyl (C=O) groups excluding carboxylic acids is 1. The lowest BCUT2D eigenvalue weighted by molar-refractivity contribution is 0.0813. The van der Waals surface area contributed by atoms with E-state index in [-0.39, 0.29) is 17.3 Å². The molecule has 2 aromatic carbocycles. The molecule has 1 atom stereocenters. The van der Waals surface area contributed by atoms with Crippen LogP contribution in [0.1, 0.15) is 29.0 Å². The molecule has 0 amide bonds. The van der Waals surface area contributed by atoms with Crippen LogP contribution in [0.4, 0.5) is 0 Å². The average Bonchev–Trinajstić information content (AvgIpc) is 3.36. The molecule has 10 heteroatoms. The second-order valence-electron chi connectivity index (χ2n) is 7.53. The Morgan fingerprint density at radius 1 is 1.03 bits per heavy atom. The van der Waals surface area contributed by atoms with E-state index in [2.05, 4.69) is 5.10 Å². The van der Waals surface area contributed by atoms with Crippen molar-refractivity contribution < 1.29 is 13.2 Å². The zero-order valence-electron chi connectivity index (χ0n) is 17.5. The molecule has 168 valence electrons. The summed E-state index contributed by atoms with van der Waals surface area (Å²) in [6.07, 6.45) is 1.05. The summed E-state index contributed by atoms with van der Waals surface area (Å²) >= 11 is 13.4. The average molecular weight is 510 g/mol. The van der Waals surface area contributed by atoms with Crippen LogP contribution in [0.3, 0.4) is 0 Å². The lowest BCUT2D eigenvalue weighted by Crippen LogP contribution is -2.43. The molecule has 1 fully saturated rings. The lowest BCUT2D eigenvalue weighted by atomic mass is 10.2. The fraction of sp³-hybridized carbons (Fsp3) is 0.273. The maximum atomic E-state index is 13.4. The van der Waals surface area contributed by atoms with Crippen molar-refractivity contribution >= 4 is 50.9 Å². The van der Waals surface area contributed by atoms with Crippen molar-refractivity contribution in [3.8, 4) is 0 Å². The molecule has 1 unspecified atom stereocenters. The summed E-state index contributed by atoms with van der Waals surface area (Å²) < 4.78 is 29.0. The minimum atomic E-state index is -3.83. The molecule has 4 rings (SSSR count). The van der Waals surface area contributed by atoms with Gasteiger partial charge in [-0.15, -0.1) is 0 Å². The number of benzene rings is 2. The third kappa shape index (κ3) is 4.47. The van der Waals surface area contributed by atoms with E-state index in [0.29, 0.717) is 34.3 Å². The minimum absolute atomic E-state index is 0.119. The maximum Gasteiger partial charge on any atom is 0.265 e. The zero-order valence-corrected chi connectivity index (χ0v) is 20.6. The first-order valence-electron chi connectivity index (χ1n) is 10.00. The molecule has 1 saturated heterocycles. The van der Waals surface area contributed by atoms with Gasteiger partial charge < -0.3 is 0 Å². The van der Waals surface area contributed by atoms with Gasteiger partial charge in [-0.2, -0.15) is 9.40 Å². The minimum Gasteiger partial charge on any atom is -0.271 e. The van der Waals surface area contributed by atoms with Gasteiger partial charge in [-0.05, 0) is 75.2 Å². The highest BCUT2D eigenvalue weighted by atomic mass is 35.5. The van der Waals surface area contributed by atoms with Gasteiger partial charge in [-0.25, -0.2) is 13.1 Å². The fourth-order valence-electron chi connectivity index (χ4n) is 3.77. The molecule has 0 aliphatic carbocycles. The quantitative estimate of drug-likeness (QED) is 0.457. The Kier molecular flexibility index (Phi) is 6.70. The number of carbonyl (C=O) groups is 1. The van der Waals surface area contributed by atoms with Gasteiger partial charge in [0.2, 0.25) is 10.0 Å². The third-order valence-corrected chi connectivity index (χ3v) is 9.11. The Balaban J connectivity index is 1.62. The van der Waals surface area contributed by atoms with Crippen LogP contribution in [0.15, 0.2) is 63.2 Å². The molecule has 6 nitrogen and oxygen atoms in total. The highest BCUT2D eigenvalue weighted by Gasteiger charge is 2.41. The van der Waals surface area contributed by atoms with Gasteiger partial charge in [-0.1, -0.05) is 35.0 Å². The van der Waals surface area contributed by atoms with Crippen LogP contribution in [0.25, 0.3) is 0 Å². The Morgan fingerprint density at radius 3 is 2.25 bits per heavy atom. The van der Waals surface area contributed by atoms with E-state index in [9.17, 15) is 13.2 Å².